The van der Waals surface area contributed by atoms with Gasteiger partial charge in [0.25, 0.3) is 11.8 Å². The van der Waals surface area contributed by atoms with E-state index in [9.17, 15) is 14.4 Å². The van der Waals surface area contributed by atoms with Crippen molar-refractivity contribution in [3.05, 3.63) is 58.6 Å². The average Bonchev–Trinajstić information content (AvgIpc) is 2.77. The largest absolute Gasteiger partial charge is 0.494 e. The molecule has 0 spiro atoms. The third-order valence-corrected chi connectivity index (χ3v) is 4.93. The number of amides is 4. The third-order valence-electron chi connectivity index (χ3n) is 4.70. The molecule has 0 bridgehead atoms. The second kappa shape index (κ2) is 10.8. The zero-order valence-corrected chi connectivity index (χ0v) is 18.8. The summed E-state index contributed by atoms with van der Waals surface area (Å²) in [5.74, 6) is -0.395. The second-order valence-corrected chi connectivity index (χ2v) is 7.62. The van der Waals surface area contributed by atoms with Crippen LogP contribution in [0.25, 0.3) is 6.08 Å². The van der Waals surface area contributed by atoms with Gasteiger partial charge in [-0.05, 0) is 61.4 Å². The van der Waals surface area contributed by atoms with Crippen molar-refractivity contribution in [1.82, 2.24) is 5.32 Å². The van der Waals surface area contributed by atoms with E-state index < -0.39 is 17.8 Å². The maximum atomic E-state index is 13.1. The summed E-state index contributed by atoms with van der Waals surface area (Å²) in [5, 5.41) is 2.64. The molecular weight excluding hydrogens is 432 g/mol. The Morgan fingerprint density at radius 1 is 0.969 bits per heavy atom. The number of halogens is 1. The number of imide groups is 2. The Morgan fingerprint density at radius 3 is 2.41 bits per heavy atom. The number of unbranched alkanes of at least 4 members (excludes halogenated alkanes) is 1. The summed E-state index contributed by atoms with van der Waals surface area (Å²) >= 11 is 6.10. The van der Waals surface area contributed by atoms with Gasteiger partial charge < -0.3 is 9.47 Å². The number of ether oxygens (including phenoxy) is 2. The summed E-state index contributed by atoms with van der Waals surface area (Å²) in [5.41, 5.74) is 0.595. The highest BCUT2D eigenvalue weighted by Gasteiger charge is 2.37. The number of nitrogens with zero attached hydrogens (tertiary/aromatic N) is 1. The number of carbonyl (C=O) groups excluding carboxylic acids is 3. The van der Waals surface area contributed by atoms with Gasteiger partial charge in [0.2, 0.25) is 0 Å². The molecule has 2 aromatic rings. The number of hydrogen-bond donors (Lipinski definition) is 1. The fraction of sp³-hybridized carbons (Fsp3) is 0.292. The highest BCUT2D eigenvalue weighted by molar-refractivity contribution is 6.39. The quantitative estimate of drug-likeness (QED) is 0.327. The van der Waals surface area contributed by atoms with Gasteiger partial charge in [0.1, 0.15) is 17.1 Å². The molecule has 8 heteroatoms. The van der Waals surface area contributed by atoms with Crippen LogP contribution >= 0.6 is 11.6 Å². The molecule has 1 heterocycles. The molecular formula is C24H25ClN2O5. The van der Waals surface area contributed by atoms with Gasteiger partial charge in [0.05, 0.1) is 18.9 Å². The van der Waals surface area contributed by atoms with Crippen molar-refractivity contribution in [1.29, 1.82) is 0 Å². The SMILES string of the molecule is CCCCOc1ccc(N2C(=O)NC(=O)/C(=C/c3cc(Cl)ccc3OCCC)C2=O)cc1. The molecule has 0 aromatic heterocycles. The van der Waals surface area contributed by atoms with Crippen LogP contribution in [-0.4, -0.2) is 31.1 Å². The van der Waals surface area contributed by atoms with E-state index in [1.54, 1.807) is 42.5 Å². The lowest BCUT2D eigenvalue weighted by molar-refractivity contribution is -0.122. The second-order valence-electron chi connectivity index (χ2n) is 7.18. The topological polar surface area (TPSA) is 84.9 Å². The fourth-order valence-corrected chi connectivity index (χ4v) is 3.23. The molecule has 4 amide bonds. The number of barbiturate groups is 1. The smallest absolute Gasteiger partial charge is 0.335 e. The Morgan fingerprint density at radius 2 is 1.72 bits per heavy atom. The standard InChI is InChI=1S/C24H25ClN2O5/c1-3-5-13-31-19-9-7-18(8-10-19)27-23(29)20(22(28)26-24(27)30)15-16-14-17(25)6-11-21(16)32-12-4-2/h6-11,14-15H,3-5,12-13H2,1-2H3,(H,26,28,30)/b20-15-. The number of nitrogens with one attached hydrogen (secondary N) is 1. The molecule has 7 nitrogen and oxygen atoms in total. The van der Waals surface area contributed by atoms with E-state index in [0.717, 1.165) is 24.2 Å². The minimum absolute atomic E-state index is 0.198. The van der Waals surface area contributed by atoms with Crippen molar-refractivity contribution in [2.75, 3.05) is 18.1 Å². The lowest BCUT2D eigenvalue weighted by atomic mass is 10.1. The number of benzene rings is 2. The van der Waals surface area contributed by atoms with Gasteiger partial charge in [-0.1, -0.05) is 31.9 Å². The van der Waals surface area contributed by atoms with Gasteiger partial charge in [-0.2, -0.15) is 0 Å². The van der Waals surface area contributed by atoms with Crippen LogP contribution in [0.5, 0.6) is 11.5 Å². The van der Waals surface area contributed by atoms with Crippen LogP contribution in [0.15, 0.2) is 48.0 Å². The van der Waals surface area contributed by atoms with E-state index in [1.807, 2.05) is 6.92 Å². The summed E-state index contributed by atoms with van der Waals surface area (Å²) in [6.07, 6.45) is 4.12. The van der Waals surface area contributed by atoms with Crippen molar-refractivity contribution in [2.45, 2.75) is 33.1 Å². The van der Waals surface area contributed by atoms with E-state index in [4.69, 9.17) is 21.1 Å². The Balaban J connectivity index is 1.90. The molecule has 1 aliphatic rings. The normalized spacial score (nSPS) is 15.2. The van der Waals surface area contributed by atoms with Crippen LogP contribution < -0.4 is 19.7 Å². The van der Waals surface area contributed by atoms with Crippen LogP contribution in [0.1, 0.15) is 38.7 Å². The van der Waals surface area contributed by atoms with Crippen LogP contribution in [-0.2, 0) is 9.59 Å². The van der Waals surface area contributed by atoms with Crippen molar-refractivity contribution >= 4 is 41.2 Å². The molecule has 0 unspecified atom stereocenters. The zero-order chi connectivity index (χ0) is 23.1. The zero-order valence-electron chi connectivity index (χ0n) is 18.0. The van der Waals surface area contributed by atoms with Crippen molar-refractivity contribution in [2.24, 2.45) is 0 Å². The van der Waals surface area contributed by atoms with Crippen molar-refractivity contribution in [3.63, 3.8) is 0 Å². The summed E-state index contributed by atoms with van der Waals surface area (Å²) in [6.45, 7) is 5.09. The van der Waals surface area contributed by atoms with E-state index in [1.165, 1.54) is 6.08 Å². The fourth-order valence-electron chi connectivity index (χ4n) is 3.05. The number of hydrogen-bond acceptors (Lipinski definition) is 5. The Hall–Kier alpha value is -3.32. The minimum Gasteiger partial charge on any atom is -0.494 e. The van der Waals surface area contributed by atoms with E-state index in [-0.39, 0.29) is 5.57 Å². The Bertz CT molecular complexity index is 1030. The summed E-state index contributed by atoms with van der Waals surface area (Å²) < 4.78 is 11.3. The third kappa shape index (κ3) is 5.48. The molecule has 0 saturated carbocycles. The highest BCUT2D eigenvalue weighted by Crippen LogP contribution is 2.28. The van der Waals surface area contributed by atoms with E-state index >= 15 is 0 Å². The molecule has 1 fully saturated rings. The summed E-state index contributed by atoms with van der Waals surface area (Å²) in [7, 11) is 0. The van der Waals surface area contributed by atoms with E-state index in [2.05, 4.69) is 12.2 Å². The van der Waals surface area contributed by atoms with Crippen LogP contribution in [0.3, 0.4) is 0 Å². The van der Waals surface area contributed by atoms with Gasteiger partial charge in [0.15, 0.2) is 0 Å². The maximum absolute atomic E-state index is 13.1. The monoisotopic (exact) mass is 456 g/mol. The van der Waals surface area contributed by atoms with Gasteiger partial charge in [-0.3, -0.25) is 14.9 Å². The van der Waals surface area contributed by atoms with Crippen molar-refractivity contribution < 1.29 is 23.9 Å². The maximum Gasteiger partial charge on any atom is 0.335 e. The highest BCUT2D eigenvalue weighted by atomic mass is 35.5. The molecule has 0 atom stereocenters. The lowest BCUT2D eigenvalue weighted by Crippen LogP contribution is -2.54. The lowest BCUT2D eigenvalue weighted by Gasteiger charge is -2.26. The van der Waals surface area contributed by atoms with Crippen LogP contribution in [0.2, 0.25) is 5.02 Å². The Kier molecular flexibility index (Phi) is 7.89. The van der Waals surface area contributed by atoms with E-state index in [0.29, 0.717) is 41.0 Å². The number of anilines is 1. The summed E-state index contributed by atoms with van der Waals surface area (Å²) in [6, 6.07) is 10.7. The predicted octanol–water partition coefficient (Wildman–Crippen LogP) is 4.97. The average molecular weight is 457 g/mol. The molecule has 1 saturated heterocycles. The summed E-state index contributed by atoms with van der Waals surface area (Å²) in [4.78, 5) is 39.0. The van der Waals surface area contributed by atoms with Gasteiger partial charge >= 0.3 is 6.03 Å². The number of urea groups is 1. The molecule has 1 aliphatic heterocycles. The molecule has 0 radical (unpaired) electrons. The molecule has 2 aromatic carbocycles. The Labute approximate surface area is 191 Å². The van der Waals surface area contributed by atoms with Gasteiger partial charge in [0, 0.05) is 10.6 Å². The minimum atomic E-state index is -0.814. The first kappa shape index (κ1) is 23.3. The van der Waals surface area contributed by atoms with Gasteiger partial charge in [-0.25, -0.2) is 9.69 Å². The molecule has 0 aliphatic carbocycles. The molecule has 3 rings (SSSR count). The first-order valence-electron chi connectivity index (χ1n) is 10.5. The first-order valence-corrected chi connectivity index (χ1v) is 10.9. The van der Waals surface area contributed by atoms with Gasteiger partial charge in [-0.15, -0.1) is 0 Å². The van der Waals surface area contributed by atoms with Crippen LogP contribution in [0.4, 0.5) is 10.5 Å². The molecule has 32 heavy (non-hydrogen) atoms. The molecule has 1 N–H and O–H groups in total. The number of rotatable bonds is 9. The number of carbonyl (C=O) groups is 3. The van der Waals surface area contributed by atoms with Crippen LogP contribution in [0, 0.1) is 0 Å². The predicted molar refractivity (Wildman–Crippen MR) is 123 cm³/mol. The molecule has 168 valence electrons. The first-order chi connectivity index (χ1) is 15.4. The van der Waals surface area contributed by atoms with Crippen molar-refractivity contribution in [3.8, 4) is 11.5 Å².